The lowest BCUT2D eigenvalue weighted by molar-refractivity contribution is 0.205. The van der Waals surface area contributed by atoms with E-state index in [4.69, 9.17) is 19.7 Å². The van der Waals surface area contributed by atoms with E-state index in [1.54, 1.807) is 18.2 Å². The summed E-state index contributed by atoms with van der Waals surface area (Å²) >= 11 is 0. The minimum absolute atomic E-state index is 0. The van der Waals surface area contributed by atoms with Crippen LogP contribution < -0.4 is 19.9 Å². The summed E-state index contributed by atoms with van der Waals surface area (Å²) in [5, 5.41) is 4.42. The van der Waals surface area contributed by atoms with Crippen LogP contribution in [0.3, 0.4) is 0 Å². The number of rotatable bonds is 7. The number of nitrogens with two attached hydrogens (primary N) is 1. The molecule has 9 nitrogen and oxygen atoms in total. The van der Waals surface area contributed by atoms with Crippen LogP contribution in [0.5, 0.6) is 11.5 Å². The molecule has 0 saturated carbocycles. The standard InChI is InChI=1S/C21H26N4O5S.ClH/c1-28-16-5-3-4-6-19(16)31(26,27)24-21-20-17(29-2)11-14(12-18(20)30-23-21)13-25-9-7-15(22)8-10-25;/h3-6,11-12,15H,7-10,13,22H2,1-2H3,(H,23,24);1H. The second kappa shape index (κ2) is 9.95. The Morgan fingerprint density at radius 1 is 1.16 bits per heavy atom. The van der Waals surface area contributed by atoms with E-state index >= 15 is 0 Å². The first-order valence-electron chi connectivity index (χ1n) is 10.0. The largest absolute Gasteiger partial charge is 0.496 e. The first-order chi connectivity index (χ1) is 14.9. The van der Waals surface area contributed by atoms with Gasteiger partial charge in [0.25, 0.3) is 10.0 Å². The van der Waals surface area contributed by atoms with Crippen molar-refractivity contribution >= 4 is 39.2 Å². The van der Waals surface area contributed by atoms with Gasteiger partial charge in [-0.15, -0.1) is 12.4 Å². The van der Waals surface area contributed by atoms with Crippen LogP contribution in [-0.2, 0) is 16.6 Å². The topological polar surface area (TPSA) is 120 Å². The minimum Gasteiger partial charge on any atom is -0.496 e. The van der Waals surface area contributed by atoms with E-state index in [0.29, 0.717) is 16.7 Å². The van der Waals surface area contributed by atoms with Crippen molar-refractivity contribution in [2.75, 3.05) is 32.0 Å². The van der Waals surface area contributed by atoms with E-state index in [0.717, 1.165) is 38.0 Å². The summed E-state index contributed by atoms with van der Waals surface area (Å²) in [5.41, 5.74) is 7.43. The summed E-state index contributed by atoms with van der Waals surface area (Å²) in [5.74, 6) is 0.784. The lowest BCUT2D eigenvalue weighted by Gasteiger charge is -2.30. The van der Waals surface area contributed by atoms with Crippen LogP contribution in [0.15, 0.2) is 45.8 Å². The fraction of sp³-hybridized carbons (Fsp3) is 0.381. The molecule has 1 aliphatic heterocycles. The maximum atomic E-state index is 12.9. The van der Waals surface area contributed by atoms with Crippen molar-refractivity contribution in [3.05, 3.63) is 42.0 Å². The van der Waals surface area contributed by atoms with Crippen molar-refractivity contribution in [3.63, 3.8) is 0 Å². The average Bonchev–Trinajstić information content (AvgIpc) is 3.16. The van der Waals surface area contributed by atoms with Gasteiger partial charge in [0.05, 0.1) is 14.2 Å². The number of benzene rings is 2. The van der Waals surface area contributed by atoms with Gasteiger partial charge in [0.1, 0.15) is 21.8 Å². The smallest absolute Gasteiger partial charge is 0.266 e. The van der Waals surface area contributed by atoms with Crippen LogP contribution in [0.2, 0.25) is 0 Å². The normalized spacial score (nSPS) is 15.3. The molecule has 0 amide bonds. The summed E-state index contributed by atoms with van der Waals surface area (Å²) in [6, 6.07) is 10.4. The van der Waals surface area contributed by atoms with Gasteiger partial charge in [0.15, 0.2) is 11.4 Å². The maximum Gasteiger partial charge on any atom is 0.266 e. The Labute approximate surface area is 193 Å². The fourth-order valence-corrected chi connectivity index (χ4v) is 4.98. The number of ether oxygens (including phenoxy) is 2. The van der Waals surface area contributed by atoms with Crippen LogP contribution in [0.25, 0.3) is 11.0 Å². The molecule has 0 spiro atoms. The SMILES string of the molecule is COc1ccccc1S(=O)(=O)Nc1noc2cc(CN3CCC(N)CC3)cc(OC)c12.Cl. The number of methoxy groups -OCH3 is 2. The van der Waals surface area contributed by atoms with E-state index in [1.807, 2.05) is 12.1 Å². The highest BCUT2D eigenvalue weighted by Crippen LogP contribution is 2.36. The second-order valence-electron chi connectivity index (χ2n) is 7.57. The van der Waals surface area contributed by atoms with Gasteiger partial charge in [-0.05, 0) is 55.8 Å². The number of aromatic nitrogens is 1. The lowest BCUT2D eigenvalue weighted by atomic mass is 10.0. The molecule has 0 atom stereocenters. The van der Waals surface area contributed by atoms with Crippen LogP contribution in [0, 0.1) is 0 Å². The summed E-state index contributed by atoms with van der Waals surface area (Å²) in [7, 11) is -1.00. The molecule has 2 heterocycles. The fourth-order valence-electron chi connectivity index (χ4n) is 3.80. The monoisotopic (exact) mass is 482 g/mol. The van der Waals surface area contributed by atoms with Crippen LogP contribution in [0.4, 0.5) is 5.82 Å². The zero-order valence-corrected chi connectivity index (χ0v) is 19.5. The van der Waals surface area contributed by atoms with E-state index in [2.05, 4.69) is 14.8 Å². The van der Waals surface area contributed by atoms with Gasteiger partial charge in [0, 0.05) is 12.6 Å². The van der Waals surface area contributed by atoms with Gasteiger partial charge < -0.3 is 19.7 Å². The van der Waals surface area contributed by atoms with Gasteiger partial charge in [-0.2, -0.15) is 0 Å². The molecule has 0 bridgehead atoms. The van der Waals surface area contributed by atoms with Crippen molar-refractivity contribution in [1.82, 2.24) is 10.1 Å². The Kier molecular flexibility index (Phi) is 7.50. The number of para-hydroxylation sites is 1. The third-order valence-electron chi connectivity index (χ3n) is 5.45. The Morgan fingerprint density at radius 2 is 1.84 bits per heavy atom. The van der Waals surface area contributed by atoms with E-state index in [1.165, 1.54) is 20.3 Å². The first kappa shape index (κ1) is 24.1. The predicted octanol–water partition coefficient (Wildman–Crippen LogP) is 2.99. The van der Waals surface area contributed by atoms with E-state index < -0.39 is 10.0 Å². The van der Waals surface area contributed by atoms with Crippen molar-refractivity contribution in [1.29, 1.82) is 0 Å². The molecule has 1 fully saturated rings. The van der Waals surface area contributed by atoms with Crippen molar-refractivity contribution < 1.29 is 22.4 Å². The molecular weight excluding hydrogens is 456 g/mol. The molecule has 1 saturated heterocycles. The van der Waals surface area contributed by atoms with Crippen LogP contribution in [0.1, 0.15) is 18.4 Å². The number of hydrogen-bond acceptors (Lipinski definition) is 8. The summed E-state index contributed by atoms with van der Waals surface area (Å²) in [6.07, 6.45) is 1.94. The highest BCUT2D eigenvalue weighted by Gasteiger charge is 2.24. The highest BCUT2D eigenvalue weighted by atomic mass is 35.5. The van der Waals surface area contributed by atoms with Gasteiger partial charge in [-0.25, -0.2) is 8.42 Å². The number of anilines is 1. The maximum absolute atomic E-state index is 12.9. The minimum atomic E-state index is -3.95. The van der Waals surface area contributed by atoms with E-state index in [9.17, 15) is 8.42 Å². The van der Waals surface area contributed by atoms with Crippen LogP contribution in [-0.4, -0.2) is 51.8 Å². The third kappa shape index (κ3) is 4.93. The Morgan fingerprint density at radius 3 is 2.53 bits per heavy atom. The molecule has 11 heteroatoms. The lowest BCUT2D eigenvalue weighted by Crippen LogP contribution is -2.39. The molecule has 3 aromatic rings. The Balaban J connectivity index is 0.00000289. The average molecular weight is 483 g/mol. The second-order valence-corrected chi connectivity index (χ2v) is 9.22. The summed E-state index contributed by atoms with van der Waals surface area (Å²) < 4.78 is 44.6. The van der Waals surface area contributed by atoms with E-state index in [-0.39, 0.29) is 34.9 Å². The molecule has 174 valence electrons. The van der Waals surface area contributed by atoms with Gasteiger partial charge in [0.2, 0.25) is 0 Å². The van der Waals surface area contributed by atoms with Crippen molar-refractivity contribution in [3.8, 4) is 11.5 Å². The zero-order chi connectivity index (χ0) is 22.0. The Bertz CT molecular complexity index is 1180. The van der Waals surface area contributed by atoms with Crippen molar-refractivity contribution in [2.24, 2.45) is 5.73 Å². The molecule has 0 aliphatic carbocycles. The predicted molar refractivity (Wildman–Crippen MR) is 124 cm³/mol. The first-order valence-corrected chi connectivity index (χ1v) is 11.5. The summed E-state index contributed by atoms with van der Waals surface area (Å²) in [4.78, 5) is 2.33. The molecule has 1 aromatic heterocycles. The molecule has 1 aliphatic rings. The third-order valence-corrected chi connectivity index (χ3v) is 6.82. The Hall–Kier alpha value is -2.53. The number of nitrogens with zero attached hydrogens (tertiary/aromatic N) is 2. The quantitative estimate of drug-likeness (QED) is 0.527. The number of sulfonamides is 1. The molecule has 0 unspecified atom stereocenters. The highest BCUT2D eigenvalue weighted by molar-refractivity contribution is 7.92. The molecule has 2 aromatic carbocycles. The molecular formula is C21H27ClN4O5S. The number of nitrogens with one attached hydrogen (secondary N) is 1. The molecule has 0 radical (unpaired) electrons. The van der Waals surface area contributed by atoms with Gasteiger partial charge >= 0.3 is 0 Å². The number of hydrogen-bond donors (Lipinski definition) is 2. The number of fused-ring (bicyclic) bond motifs is 1. The summed E-state index contributed by atoms with van der Waals surface area (Å²) in [6.45, 7) is 2.59. The number of halogens is 1. The molecule has 4 rings (SSSR count). The molecule has 32 heavy (non-hydrogen) atoms. The molecule has 3 N–H and O–H groups in total. The number of piperidine rings is 1. The van der Waals surface area contributed by atoms with Crippen LogP contribution >= 0.6 is 12.4 Å². The number of likely N-dealkylation sites (tertiary alicyclic amines) is 1. The van der Waals surface area contributed by atoms with Gasteiger partial charge in [-0.1, -0.05) is 17.3 Å². The van der Waals surface area contributed by atoms with Gasteiger partial charge in [-0.3, -0.25) is 9.62 Å². The van der Waals surface area contributed by atoms with Crippen molar-refractivity contribution in [2.45, 2.75) is 30.3 Å². The zero-order valence-electron chi connectivity index (χ0n) is 17.9.